The maximum absolute atomic E-state index is 12.4. The lowest BCUT2D eigenvalue weighted by Gasteiger charge is -2.09. The van der Waals surface area contributed by atoms with E-state index in [0.29, 0.717) is 28.5 Å². The number of carbonyl (C=O) groups is 2. The molecule has 0 spiro atoms. The molecule has 0 aliphatic rings. The smallest absolute Gasteiger partial charge is 0.274 e. The number of hydrogen-bond donors (Lipinski definition) is 2. The highest BCUT2D eigenvalue weighted by Gasteiger charge is 2.10. The van der Waals surface area contributed by atoms with Crippen LogP contribution in [-0.2, 0) is 0 Å². The first-order chi connectivity index (χ1) is 13.0. The summed E-state index contributed by atoms with van der Waals surface area (Å²) in [6.07, 6.45) is 1.31. The number of nitrogens with zero attached hydrogens (tertiary/aromatic N) is 2. The number of aromatic nitrogens is 2. The van der Waals surface area contributed by atoms with Gasteiger partial charge in [0.05, 0.1) is 7.11 Å². The Morgan fingerprint density at radius 3 is 2.44 bits per heavy atom. The zero-order chi connectivity index (χ0) is 19.2. The van der Waals surface area contributed by atoms with Gasteiger partial charge in [-0.2, -0.15) is 0 Å². The average molecular weight is 362 g/mol. The maximum Gasteiger partial charge on any atom is 0.274 e. The van der Waals surface area contributed by atoms with Gasteiger partial charge in [0.1, 0.15) is 23.6 Å². The van der Waals surface area contributed by atoms with Crippen molar-refractivity contribution in [3.05, 3.63) is 72.2 Å². The quantitative estimate of drug-likeness (QED) is 0.650. The molecule has 0 aliphatic carbocycles. The van der Waals surface area contributed by atoms with Crippen LogP contribution in [0, 0.1) is 0 Å². The SMILES string of the molecule is COc1ccc(NC(=O)c2cc(Nc3cccc(C(C)=O)c3)ncn2)cc1. The second kappa shape index (κ2) is 8.09. The molecule has 1 amide bonds. The highest BCUT2D eigenvalue weighted by molar-refractivity contribution is 6.03. The number of nitrogens with one attached hydrogen (secondary N) is 2. The summed E-state index contributed by atoms with van der Waals surface area (Å²) >= 11 is 0. The summed E-state index contributed by atoms with van der Waals surface area (Å²) in [6.45, 7) is 1.51. The third-order valence-corrected chi connectivity index (χ3v) is 3.79. The summed E-state index contributed by atoms with van der Waals surface area (Å²) in [4.78, 5) is 32.0. The van der Waals surface area contributed by atoms with Gasteiger partial charge in [0.25, 0.3) is 5.91 Å². The zero-order valence-corrected chi connectivity index (χ0v) is 14.9. The molecular weight excluding hydrogens is 344 g/mol. The van der Waals surface area contributed by atoms with Crippen LogP contribution in [0.1, 0.15) is 27.8 Å². The molecule has 0 fully saturated rings. The molecule has 0 unspecified atom stereocenters. The Morgan fingerprint density at radius 2 is 1.74 bits per heavy atom. The Kier molecular flexibility index (Phi) is 5.41. The Balaban J connectivity index is 1.73. The van der Waals surface area contributed by atoms with Gasteiger partial charge >= 0.3 is 0 Å². The molecule has 3 aromatic rings. The predicted molar refractivity (Wildman–Crippen MR) is 103 cm³/mol. The second-order valence-corrected chi connectivity index (χ2v) is 5.73. The molecule has 0 saturated carbocycles. The lowest BCUT2D eigenvalue weighted by atomic mass is 10.1. The molecule has 3 rings (SSSR count). The molecule has 0 radical (unpaired) electrons. The minimum atomic E-state index is -0.358. The van der Waals surface area contributed by atoms with Crippen LogP contribution in [0.15, 0.2) is 60.9 Å². The molecule has 1 aromatic heterocycles. The zero-order valence-electron chi connectivity index (χ0n) is 14.9. The first-order valence-corrected chi connectivity index (χ1v) is 8.20. The molecular formula is C20H18N4O3. The Bertz CT molecular complexity index is 971. The van der Waals surface area contributed by atoms with Crippen LogP contribution in [0.5, 0.6) is 5.75 Å². The number of carbonyl (C=O) groups excluding carboxylic acids is 2. The molecule has 136 valence electrons. The summed E-state index contributed by atoms with van der Waals surface area (Å²) in [6, 6.07) is 15.6. The normalized spacial score (nSPS) is 10.1. The van der Waals surface area contributed by atoms with E-state index in [1.54, 1.807) is 55.6 Å². The van der Waals surface area contributed by atoms with Crippen molar-refractivity contribution < 1.29 is 14.3 Å². The highest BCUT2D eigenvalue weighted by Crippen LogP contribution is 2.18. The van der Waals surface area contributed by atoms with E-state index in [1.165, 1.54) is 13.3 Å². The van der Waals surface area contributed by atoms with E-state index in [4.69, 9.17) is 4.74 Å². The van der Waals surface area contributed by atoms with E-state index in [0.717, 1.165) is 0 Å². The van der Waals surface area contributed by atoms with E-state index >= 15 is 0 Å². The van der Waals surface area contributed by atoms with Crippen LogP contribution in [-0.4, -0.2) is 28.8 Å². The van der Waals surface area contributed by atoms with Gasteiger partial charge in [-0.15, -0.1) is 0 Å². The number of methoxy groups -OCH3 is 1. The van der Waals surface area contributed by atoms with E-state index < -0.39 is 0 Å². The fourth-order valence-electron chi connectivity index (χ4n) is 2.38. The molecule has 2 aromatic carbocycles. The molecule has 2 N–H and O–H groups in total. The summed E-state index contributed by atoms with van der Waals surface area (Å²) in [5.74, 6) is 0.767. The largest absolute Gasteiger partial charge is 0.497 e. The van der Waals surface area contributed by atoms with E-state index in [-0.39, 0.29) is 17.4 Å². The Labute approximate surface area is 156 Å². The second-order valence-electron chi connectivity index (χ2n) is 5.73. The molecule has 7 heteroatoms. The molecule has 0 aliphatic heterocycles. The van der Waals surface area contributed by atoms with Gasteiger partial charge < -0.3 is 15.4 Å². The molecule has 27 heavy (non-hydrogen) atoms. The third kappa shape index (κ3) is 4.66. The summed E-state index contributed by atoms with van der Waals surface area (Å²) in [5.41, 5.74) is 2.13. The fourth-order valence-corrected chi connectivity index (χ4v) is 2.38. The summed E-state index contributed by atoms with van der Waals surface area (Å²) in [5, 5.41) is 5.84. The number of ketones is 1. The number of Topliss-reactive ketones (excluding diaryl/α,β-unsaturated/α-hetero) is 1. The number of ether oxygens (including phenoxy) is 1. The first-order valence-electron chi connectivity index (χ1n) is 8.20. The lowest BCUT2D eigenvalue weighted by molar-refractivity contribution is 0.101. The van der Waals surface area contributed by atoms with E-state index in [1.807, 2.05) is 6.07 Å². The van der Waals surface area contributed by atoms with Crippen LogP contribution >= 0.6 is 0 Å². The van der Waals surface area contributed by atoms with Crippen LogP contribution in [0.3, 0.4) is 0 Å². The van der Waals surface area contributed by atoms with Gasteiger partial charge in [0, 0.05) is 23.0 Å². The number of benzene rings is 2. The molecule has 0 atom stereocenters. The molecule has 1 heterocycles. The number of amides is 1. The lowest BCUT2D eigenvalue weighted by Crippen LogP contribution is -2.14. The Morgan fingerprint density at radius 1 is 0.963 bits per heavy atom. The van der Waals surface area contributed by atoms with Gasteiger partial charge in [-0.25, -0.2) is 9.97 Å². The maximum atomic E-state index is 12.4. The van der Waals surface area contributed by atoms with Gasteiger partial charge in [-0.1, -0.05) is 12.1 Å². The number of hydrogen-bond acceptors (Lipinski definition) is 6. The minimum Gasteiger partial charge on any atom is -0.497 e. The summed E-state index contributed by atoms with van der Waals surface area (Å²) < 4.78 is 5.09. The number of anilines is 3. The van der Waals surface area contributed by atoms with Gasteiger partial charge in [0.15, 0.2) is 5.78 Å². The molecule has 7 nitrogen and oxygen atoms in total. The average Bonchev–Trinajstić information content (AvgIpc) is 2.69. The van der Waals surface area contributed by atoms with Crippen molar-refractivity contribution in [2.75, 3.05) is 17.7 Å². The monoisotopic (exact) mass is 362 g/mol. The predicted octanol–water partition coefficient (Wildman–Crippen LogP) is 3.68. The fraction of sp³-hybridized carbons (Fsp3) is 0.100. The van der Waals surface area contributed by atoms with Crippen molar-refractivity contribution in [2.24, 2.45) is 0 Å². The Hall–Kier alpha value is -3.74. The summed E-state index contributed by atoms with van der Waals surface area (Å²) in [7, 11) is 1.58. The van der Waals surface area contributed by atoms with Crippen LogP contribution in [0.4, 0.5) is 17.2 Å². The molecule has 0 saturated heterocycles. The molecule has 0 bridgehead atoms. The standard InChI is InChI=1S/C20H18N4O3/c1-13(25)14-4-3-5-16(10-14)23-19-11-18(21-12-22-19)20(26)24-15-6-8-17(27-2)9-7-15/h3-12H,1-2H3,(H,24,26)(H,21,22,23). The van der Waals surface area contributed by atoms with Crippen LogP contribution < -0.4 is 15.4 Å². The topological polar surface area (TPSA) is 93.2 Å². The van der Waals surface area contributed by atoms with Crippen molar-refractivity contribution in [2.45, 2.75) is 6.92 Å². The minimum absolute atomic E-state index is 0.0269. The van der Waals surface area contributed by atoms with Gasteiger partial charge in [-0.3, -0.25) is 9.59 Å². The van der Waals surface area contributed by atoms with E-state index in [2.05, 4.69) is 20.6 Å². The number of rotatable bonds is 6. The highest BCUT2D eigenvalue weighted by atomic mass is 16.5. The van der Waals surface area contributed by atoms with Crippen molar-refractivity contribution in [1.82, 2.24) is 9.97 Å². The third-order valence-electron chi connectivity index (χ3n) is 3.79. The van der Waals surface area contributed by atoms with Gasteiger partial charge in [-0.05, 0) is 43.3 Å². The van der Waals surface area contributed by atoms with E-state index in [9.17, 15) is 9.59 Å². The van der Waals surface area contributed by atoms with Crippen molar-refractivity contribution >= 4 is 28.9 Å². The first kappa shape index (κ1) is 18.1. The van der Waals surface area contributed by atoms with Crippen LogP contribution in [0.25, 0.3) is 0 Å². The van der Waals surface area contributed by atoms with Crippen molar-refractivity contribution in [3.63, 3.8) is 0 Å². The van der Waals surface area contributed by atoms with Crippen molar-refractivity contribution in [3.8, 4) is 5.75 Å². The van der Waals surface area contributed by atoms with Gasteiger partial charge in [0.2, 0.25) is 0 Å². The van der Waals surface area contributed by atoms with Crippen molar-refractivity contribution in [1.29, 1.82) is 0 Å². The van der Waals surface area contributed by atoms with Crippen LogP contribution in [0.2, 0.25) is 0 Å².